The van der Waals surface area contributed by atoms with Crippen LogP contribution in [0.5, 0.6) is 0 Å². The third-order valence-electron chi connectivity index (χ3n) is 3.65. The maximum Gasteiger partial charge on any atom is 0.0684 e. The van der Waals surface area contributed by atoms with E-state index in [0.29, 0.717) is 0 Å². The van der Waals surface area contributed by atoms with E-state index in [9.17, 15) is 0 Å². The van der Waals surface area contributed by atoms with Gasteiger partial charge in [0.05, 0.1) is 6.04 Å². The van der Waals surface area contributed by atoms with Crippen molar-refractivity contribution in [2.75, 3.05) is 6.54 Å². The Hall–Kier alpha value is -0.740. The molecule has 0 saturated heterocycles. The van der Waals surface area contributed by atoms with E-state index in [1.165, 1.54) is 12.8 Å². The minimum atomic E-state index is 0.276. The highest BCUT2D eigenvalue weighted by Crippen LogP contribution is 2.42. The summed E-state index contributed by atoms with van der Waals surface area (Å²) in [7, 11) is 0. The van der Waals surface area contributed by atoms with Crippen LogP contribution in [0.4, 0.5) is 0 Å². The zero-order chi connectivity index (χ0) is 9.97. The molecule has 0 amide bonds. The lowest BCUT2D eigenvalue weighted by Crippen LogP contribution is -2.33. The van der Waals surface area contributed by atoms with Gasteiger partial charge >= 0.3 is 0 Å². The van der Waals surface area contributed by atoms with Crippen LogP contribution in [0.3, 0.4) is 0 Å². The molecule has 76 valence electrons. The van der Waals surface area contributed by atoms with Crippen molar-refractivity contribution in [3.05, 3.63) is 12.2 Å². The molecule has 1 N–H and O–H groups in total. The van der Waals surface area contributed by atoms with Crippen LogP contribution in [0.25, 0.3) is 0 Å². The Morgan fingerprint density at radius 3 is 2.86 bits per heavy atom. The van der Waals surface area contributed by atoms with Crippen molar-refractivity contribution in [2.24, 2.45) is 17.8 Å². The number of hydrogen-bond acceptors (Lipinski definition) is 1. The fourth-order valence-corrected chi connectivity index (χ4v) is 2.74. The summed E-state index contributed by atoms with van der Waals surface area (Å²) in [6.45, 7) is 3.24. The molecule has 4 atom stereocenters. The summed E-state index contributed by atoms with van der Waals surface area (Å²) in [5.74, 6) is 5.34. The van der Waals surface area contributed by atoms with Crippen LogP contribution >= 0.6 is 0 Å². The highest BCUT2D eigenvalue weighted by molar-refractivity contribution is 5.10. The highest BCUT2D eigenvalue weighted by atomic mass is 14.9. The lowest BCUT2D eigenvalue weighted by atomic mass is 9.93. The summed E-state index contributed by atoms with van der Waals surface area (Å²) in [5.41, 5.74) is 0. The maximum absolute atomic E-state index is 5.42. The van der Waals surface area contributed by atoms with Crippen molar-refractivity contribution in [1.82, 2.24) is 5.32 Å². The molecule has 1 heteroatoms. The van der Waals surface area contributed by atoms with Crippen LogP contribution in [0, 0.1) is 30.1 Å². The second kappa shape index (κ2) is 4.19. The van der Waals surface area contributed by atoms with E-state index >= 15 is 0 Å². The molecule has 14 heavy (non-hydrogen) atoms. The summed E-state index contributed by atoms with van der Waals surface area (Å²) >= 11 is 0. The predicted octanol–water partition coefficient (Wildman–Crippen LogP) is 2.20. The van der Waals surface area contributed by atoms with Crippen LogP contribution in [-0.4, -0.2) is 12.6 Å². The highest BCUT2D eigenvalue weighted by Gasteiger charge is 2.35. The molecule has 4 unspecified atom stereocenters. The maximum atomic E-state index is 5.42. The second-order valence-electron chi connectivity index (χ2n) is 4.58. The van der Waals surface area contributed by atoms with Crippen LogP contribution in [-0.2, 0) is 0 Å². The van der Waals surface area contributed by atoms with Gasteiger partial charge in [0.1, 0.15) is 0 Å². The van der Waals surface area contributed by atoms with Gasteiger partial charge in [-0.1, -0.05) is 25.0 Å². The second-order valence-corrected chi connectivity index (χ2v) is 4.58. The third-order valence-corrected chi connectivity index (χ3v) is 3.65. The van der Waals surface area contributed by atoms with E-state index in [1.54, 1.807) is 0 Å². The third kappa shape index (κ3) is 1.86. The lowest BCUT2D eigenvalue weighted by molar-refractivity contribution is 0.400. The molecule has 0 spiro atoms. The van der Waals surface area contributed by atoms with Gasteiger partial charge in [-0.2, -0.15) is 0 Å². The summed E-state index contributed by atoms with van der Waals surface area (Å²) < 4.78 is 0. The SMILES string of the molecule is C#CC(CC)NCC1CC2C=CC1C2. The Bertz CT molecular complexity index is 261. The molecular formula is C13H19N. The quantitative estimate of drug-likeness (QED) is 0.528. The van der Waals surface area contributed by atoms with E-state index in [-0.39, 0.29) is 6.04 Å². The van der Waals surface area contributed by atoms with Gasteiger partial charge in [0.15, 0.2) is 0 Å². The molecule has 2 aliphatic rings. The molecular weight excluding hydrogens is 170 g/mol. The summed E-state index contributed by atoms with van der Waals surface area (Å²) in [4.78, 5) is 0. The van der Waals surface area contributed by atoms with E-state index in [4.69, 9.17) is 6.42 Å². The van der Waals surface area contributed by atoms with Gasteiger partial charge in [0.2, 0.25) is 0 Å². The normalized spacial score (nSPS) is 35.9. The van der Waals surface area contributed by atoms with Gasteiger partial charge in [-0.15, -0.1) is 6.42 Å². The Morgan fingerprint density at radius 1 is 1.50 bits per heavy atom. The molecule has 2 aliphatic carbocycles. The van der Waals surface area contributed by atoms with Crippen molar-refractivity contribution in [1.29, 1.82) is 0 Å². The molecule has 0 aromatic carbocycles. The fraction of sp³-hybridized carbons (Fsp3) is 0.692. The van der Waals surface area contributed by atoms with Gasteiger partial charge in [-0.25, -0.2) is 0 Å². The van der Waals surface area contributed by atoms with Gasteiger partial charge in [-0.3, -0.25) is 0 Å². The summed E-state index contributed by atoms with van der Waals surface area (Å²) in [6, 6.07) is 0.276. The molecule has 1 saturated carbocycles. The Morgan fingerprint density at radius 2 is 2.36 bits per heavy atom. The standard InChI is InChI=1S/C13H19N/c1-3-13(4-2)14-9-12-8-10-5-6-11(12)7-10/h1,5-6,10-14H,4,7-9H2,2H3. The smallest absolute Gasteiger partial charge is 0.0684 e. The van der Waals surface area contributed by atoms with Gasteiger partial charge in [-0.05, 0) is 43.6 Å². The van der Waals surface area contributed by atoms with Crippen molar-refractivity contribution in [2.45, 2.75) is 32.2 Å². The fourth-order valence-electron chi connectivity index (χ4n) is 2.74. The Kier molecular flexibility index (Phi) is 2.93. The first-order chi connectivity index (χ1) is 6.83. The van der Waals surface area contributed by atoms with Crippen molar-refractivity contribution in [3.63, 3.8) is 0 Å². The van der Waals surface area contributed by atoms with Gasteiger partial charge < -0.3 is 5.32 Å². The molecule has 0 heterocycles. The van der Waals surface area contributed by atoms with Crippen molar-refractivity contribution in [3.8, 4) is 12.3 Å². The molecule has 1 fully saturated rings. The minimum Gasteiger partial charge on any atom is -0.303 e. The average molecular weight is 189 g/mol. The number of allylic oxidation sites excluding steroid dienone is 2. The first kappa shape index (κ1) is 9.80. The zero-order valence-electron chi connectivity index (χ0n) is 8.87. The van der Waals surface area contributed by atoms with Crippen molar-refractivity contribution < 1.29 is 0 Å². The Balaban J connectivity index is 1.77. The number of hydrogen-bond donors (Lipinski definition) is 1. The van der Waals surface area contributed by atoms with Crippen LogP contribution in [0.15, 0.2) is 12.2 Å². The molecule has 0 radical (unpaired) electrons. The van der Waals surface area contributed by atoms with E-state index in [2.05, 4.69) is 30.3 Å². The molecule has 0 aliphatic heterocycles. The largest absolute Gasteiger partial charge is 0.303 e. The van der Waals surface area contributed by atoms with Gasteiger partial charge in [0.25, 0.3) is 0 Å². The predicted molar refractivity (Wildman–Crippen MR) is 59.8 cm³/mol. The number of nitrogens with one attached hydrogen (secondary N) is 1. The molecule has 2 rings (SSSR count). The lowest BCUT2D eigenvalue weighted by Gasteiger charge is -2.20. The van der Waals surface area contributed by atoms with Crippen LogP contribution < -0.4 is 5.32 Å². The molecule has 2 bridgehead atoms. The number of rotatable bonds is 4. The molecule has 0 aromatic rings. The van der Waals surface area contributed by atoms with E-state index < -0.39 is 0 Å². The Labute approximate surface area is 87.0 Å². The van der Waals surface area contributed by atoms with Gasteiger partial charge in [0, 0.05) is 0 Å². The summed E-state index contributed by atoms with van der Waals surface area (Å²) in [5, 5.41) is 3.48. The minimum absolute atomic E-state index is 0.276. The first-order valence-corrected chi connectivity index (χ1v) is 5.71. The number of fused-ring (bicyclic) bond motifs is 2. The van der Waals surface area contributed by atoms with E-state index in [1.807, 2.05) is 0 Å². The molecule has 1 nitrogen and oxygen atoms in total. The first-order valence-electron chi connectivity index (χ1n) is 5.71. The summed E-state index contributed by atoms with van der Waals surface area (Å²) in [6.07, 6.45) is 14.0. The average Bonchev–Trinajstić information content (AvgIpc) is 2.80. The van der Waals surface area contributed by atoms with Crippen molar-refractivity contribution >= 4 is 0 Å². The molecule has 0 aromatic heterocycles. The van der Waals surface area contributed by atoms with E-state index in [0.717, 1.165) is 30.7 Å². The zero-order valence-corrected chi connectivity index (χ0v) is 8.87. The van der Waals surface area contributed by atoms with Crippen LogP contribution in [0.2, 0.25) is 0 Å². The topological polar surface area (TPSA) is 12.0 Å². The number of terminal acetylenes is 1. The monoisotopic (exact) mass is 189 g/mol. The van der Waals surface area contributed by atoms with Crippen LogP contribution in [0.1, 0.15) is 26.2 Å².